The summed E-state index contributed by atoms with van der Waals surface area (Å²) in [6.07, 6.45) is 3.01. The molecule has 1 amide bonds. The first-order valence-corrected chi connectivity index (χ1v) is 6.42. The molecule has 0 spiro atoms. The van der Waals surface area contributed by atoms with Crippen LogP contribution in [0.2, 0.25) is 0 Å². The van der Waals surface area contributed by atoms with E-state index < -0.39 is 0 Å². The van der Waals surface area contributed by atoms with Crippen molar-refractivity contribution in [3.8, 4) is 0 Å². The topological polar surface area (TPSA) is 50.4 Å². The monoisotopic (exact) mass is 248 g/mol. The van der Waals surface area contributed by atoms with Crippen LogP contribution in [0, 0.1) is 0 Å². The molecule has 1 aromatic carbocycles. The van der Waals surface area contributed by atoms with E-state index in [1.807, 2.05) is 24.3 Å². The fourth-order valence-electron chi connectivity index (χ4n) is 2.21. The maximum atomic E-state index is 11.9. The van der Waals surface area contributed by atoms with Gasteiger partial charge in [-0.15, -0.1) is 0 Å². The summed E-state index contributed by atoms with van der Waals surface area (Å²) in [6, 6.07) is 7.82. The lowest BCUT2D eigenvalue weighted by Gasteiger charge is -2.18. The fraction of sp³-hybridized carbons (Fsp3) is 0.500. The lowest BCUT2D eigenvalue weighted by Crippen LogP contribution is -2.38. The van der Waals surface area contributed by atoms with Crippen LogP contribution in [0.1, 0.15) is 24.8 Å². The van der Waals surface area contributed by atoms with E-state index >= 15 is 0 Å². The highest BCUT2D eigenvalue weighted by Crippen LogP contribution is 2.19. The van der Waals surface area contributed by atoms with Gasteiger partial charge in [0, 0.05) is 24.9 Å². The van der Waals surface area contributed by atoms with Crippen molar-refractivity contribution in [3.63, 3.8) is 0 Å². The van der Waals surface area contributed by atoms with Gasteiger partial charge < -0.3 is 15.4 Å². The minimum absolute atomic E-state index is 0.0970. The number of amides is 1. The van der Waals surface area contributed by atoms with E-state index in [4.69, 9.17) is 4.74 Å². The third-order valence-corrected chi connectivity index (χ3v) is 3.18. The Labute approximate surface area is 108 Å². The maximum Gasteiger partial charge on any atom is 0.242 e. The van der Waals surface area contributed by atoms with Gasteiger partial charge in [-0.3, -0.25) is 4.79 Å². The van der Waals surface area contributed by atoms with E-state index in [0.717, 1.165) is 37.1 Å². The molecule has 1 atom stereocenters. The zero-order valence-electron chi connectivity index (χ0n) is 10.7. The molecular formula is C14H20N2O2. The first-order chi connectivity index (χ1) is 8.81. The average molecular weight is 248 g/mol. The number of benzene rings is 1. The summed E-state index contributed by atoms with van der Waals surface area (Å²) in [5.41, 5.74) is 2.07. The predicted molar refractivity (Wildman–Crippen MR) is 71.4 cm³/mol. The Morgan fingerprint density at radius 2 is 2.22 bits per heavy atom. The number of carbonyl (C=O) groups excluding carboxylic acids is 1. The van der Waals surface area contributed by atoms with Crippen LogP contribution in [-0.4, -0.2) is 25.6 Å². The van der Waals surface area contributed by atoms with Gasteiger partial charge in [0.15, 0.2) is 0 Å². The molecular weight excluding hydrogens is 228 g/mol. The number of anilines is 1. The van der Waals surface area contributed by atoms with Gasteiger partial charge in [-0.25, -0.2) is 0 Å². The van der Waals surface area contributed by atoms with Gasteiger partial charge in [-0.1, -0.05) is 18.2 Å². The van der Waals surface area contributed by atoms with Gasteiger partial charge in [0.2, 0.25) is 5.91 Å². The number of rotatable bonds is 4. The Morgan fingerprint density at radius 3 is 3.06 bits per heavy atom. The summed E-state index contributed by atoms with van der Waals surface area (Å²) >= 11 is 0. The van der Waals surface area contributed by atoms with Gasteiger partial charge in [-0.2, -0.15) is 0 Å². The molecule has 1 aliphatic rings. The van der Waals surface area contributed by atoms with E-state index in [1.54, 1.807) is 7.11 Å². The van der Waals surface area contributed by atoms with Crippen LogP contribution < -0.4 is 10.6 Å². The Hall–Kier alpha value is -1.55. The minimum atomic E-state index is -0.134. The second-order valence-corrected chi connectivity index (χ2v) is 4.57. The van der Waals surface area contributed by atoms with Crippen LogP contribution in [0.4, 0.5) is 5.69 Å². The second-order valence-electron chi connectivity index (χ2n) is 4.57. The largest absolute Gasteiger partial charge is 0.380 e. The van der Waals surface area contributed by atoms with Gasteiger partial charge in [0.1, 0.15) is 6.04 Å². The molecule has 2 rings (SSSR count). The molecule has 0 aliphatic carbocycles. The van der Waals surface area contributed by atoms with Crippen LogP contribution in [0.5, 0.6) is 0 Å². The van der Waals surface area contributed by atoms with E-state index in [9.17, 15) is 4.79 Å². The molecule has 2 N–H and O–H groups in total. The standard InChI is InChI=1S/C14H20N2O2/c1-18-10-11-6-2-3-7-12(11)16-13-8-4-5-9-15-14(13)17/h2-3,6-7,13,16H,4-5,8-10H2,1H3,(H,15,17). The van der Waals surface area contributed by atoms with Crippen LogP contribution in [0.3, 0.4) is 0 Å². The van der Waals surface area contributed by atoms with Crippen molar-refractivity contribution in [2.75, 3.05) is 19.0 Å². The number of hydrogen-bond acceptors (Lipinski definition) is 3. The van der Waals surface area contributed by atoms with Gasteiger partial charge in [0.25, 0.3) is 0 Å². The first kappa shape index (κ1) is 12.9. The molecule has 1 aromatic rings. The van der Waals surface area contributed by atoms with Crippen LogP contribution in [0.25, 0.3) is 0 Å². The zero-order valence-corrected chi connectivity index (χ0v) is 10.7. The molecule has 98 valence electrons. The Morgan fingerprint density at radius 1 is 1.39 bits per heavy atom. The highest BCUT2D eigenvalue weighted by molar-refractivity contribution is 5.85. The smallest absolute Gasteiger partial charge is 0.242 e. The normalized spacial score (nSPS) is 20.1. The van der Waals surface area contributed by atoms with Crippen molar-refractivity contribution in [2.45, 2.75) is 31.9 Å². The van der Waals surface area contributed by atoms with Crippen LogP contribution in [0.15, 0.2) is 24.3 Å². The third-order valence-electron chi connectivity index (χ3n) is 3.18. The highest BCUT2D eigenvalue weighted by Gasteiger charge is 2.20. The quantitative estimate of drug-likeness (QED) is 0.856. The predicted octanol–water partition coefficient (Wildman–Crippen LogP) is 1.91. The summed E-state index contributed by atoms with van der Waals surface area (Å²) in [6.45, 7) is 1.34. The fourth-order valence-corrected chi connectivity index (χ4v) is 2.21. The zero-order chi connectivity index (χ0) is 12.8. The number of ether oxygens (including phenoxy) is 1. The van der Waals surface area contributed by atoms with Crippen molar-refractivity contribution < 1.29 is 9.53 Å². The molecule has 0 saturated carbocycles. The maximum absolute atomic E-state index is 11.9. The number of methoxy groups -OCH3 is 1. The van der Waals surface area contributed by atoms with Crippen molar-refractivity contribution in [1.82, 2.24) is 5.32 Å². The Kier molecular flexibility index (Phi) is 4.59. The Bertz CT molecular complexity index is 407. The van der Waals surface area contributed by atoms with E-state index in [-0.39, 0.29) is 11.9 Å². The molecule has 1 aliphatic heterocycles. The molecule has 0 aromatic heterocycles. The van der Waals surface area contributed by atoms with Gasteiger partial charge >= 0.3 is 0 Å². The van der Waals surface area contributed by atoms with E-state index in [1.165, 1.54) is 0 Å². The molecule has 1 fully saturated rings. The molecule has 1 saturated heterocycles. The van der Waals surface area contributed by atoms with Crippen molar-refractivity contribution in [1.29, 1.82) is 0 Å². The molecule has 0 bridgehead atoms. The van der Waals surface area contributed by atoms with Crippen LogP contribution in [-0.2, 0) is 16.1 Å². The number of para-hydroxylation sites is 1. The second kappa shape index (κ2) is 6.40. The summed E-state index contributed by atoms with van der Waals surface area (Å²) in [5.74, 6) is 0.0970. The minimum Gasteiger partial charge on any atom is -0.380 e. The average Bonchev–Trinajstić information content (AvgIpc) is 2.58. The van der Waals surface area contributed by atoms with Crippen molar-refractivity contribution in [2.24, 2.45) is 0 Å². The van der Waals surface area contributed by atoms with E-state index in [0.29, 0.717) is 6.61 Å². The summed E-state index contributed by atoms with van der Waals surface area (Å²) in [7, 11) is 1.68. The molecule has 1 unspecified atom stereocenters. The van der Waals surface area contributed by atoms with E-state index in [2.05, 4.69) is 10.6 Å². The van der Waals surface area contributed by atoms with Crippen LogP contribution >= 0.6 is 0 Å². The summed E-state index contributed by atoms with van der Waals surface area (Å²) < 4.78 is 5.17. The third kappa shape index (κ3) is 3.23. The van der Waals surface area contributed by atoms with Gasteiger partial charge in [0.05, 0.1) is 6.61 Å². The lowest BCUT2D eigenvalue weighted by molar-refractivity contribution is -0.121. The lowest BCUT2D eigenvalue weighted by atomic mass is 10.1. The number of nitrogens with one attached hydrogen (secondary N) is 2. The molecule has 18 heavy (non-hydrogen) atoms. The summed E-state index contributed by atoms with van der Waals surface area (Å²) in [5, 5.41) is 6.27. The molecule has 0 radical (unpaired) electrons. The molecule has 4 heteroatoms. The highest BCUT2D eigenvalue weighted by atomic mass is 16.5. The first-order valence-electron chi connectivity index (χ1n) is 6.42. The Balaban J connectivity index is 2.09. The molecule has 1 heterocycles. The van der Waals surface area contributed by atoms with Crippen molar-refractivity contribution in [3.05, 3.63) is 29.8 Å². The van der Waals surface area contributed by atoms with Gasteiger partial charge in [-0.05, 0) is 25.3 Å². The molecule has 4 nitrogen and oxygen atoms in total. The number of carbonyl (C=O) groups is 1. The SMILES string of the molecule is COCc1ccccc1NC1CCCCNC1=O. The summed E-state index contributed by atoms with van der Waals surface area (Å²) in [4.78, 5) is 11.9. The number of hydrogen-bond donors (Lipinski definition) is 2. The van der Waals surface area contributed by atoms with Crippen molar-refractivity contribution >= 4 is 11.6 Å².